The van der Waals surface area contributed by atoms with Crippen molar-refractivity contribution in [2.45, 2.75) is 25.2 Å². The Morgan fingerprint density at radius 3 is 2.33 bits per heavy atom. The standard InChI is InChI=1S/C19H22N2O4S2/c1-3-26(22,23)20-12-10-16-6-7-17-11-13-21(19(17)14-16)27(24,25)18-8-4-15(2)5-9-18/h4-9,11,13-14,20H,3,10,12H2,1-2H3. The number of aromatic nitrogens is 1. The minimum atomic E-state index is -3.70. The number of benzene rings is 2. The van der Waals surface area contributed by atoms with Crippen LogP contribution in [0.25, 0.3) is 10.9 Å². The van der Waals surface area contributed by atoms with Crippen molar-refractivity contribution < 1.29 is 16.8 Å². The van der Waals surface area contributed by atoms with Crippen molar-refractivity contribution in [2.75, 3.05) is 12.3 Å². The summed E-state index contributed by atoms with van der Waals surface area (Å²) >= 11 is 0. The fourth-order valence-corrected chi connectivity index (χ4v) is 4.75. The summed E-state index contributed by atoms with van der Waals surface area (Å²) < 4.78 is 52.8. The van der Waals surface area contributed by atoms with Crippen LogP contribution in [0.1, 0.15) is 18.1 Å². The monoisotopic (exact) mass is 406 g/mol. The van der Waals surface area contributed by atoms with Gasteiger partial charge in [-0.1, -0.05) is 29.8 Å². The van der Waals surface area contributed by atoms with E-state index >= 15 is 0 Å². The molecule has 0 saturated heterocycles. The molecule has 144 valence electrons. The molecule has 1 N–H and O–H groups in total. The van der Waals surface area contributed by atoms with E-state index in [0.29, 0.717) is 11.9 Å². The van der Waals surface area contributed by atoms with Gasteiger partial charge in [-0.3, -0.25) is 0 Å². The van der Waals surface area contributed by atoms with E-state index in [1.807, 2.05) is 19.1 Å². The van der Waals surface area contributed by atoms with Gasteiger partial charge in [0.05, 0.1) is 16.2 Å². The second-order valence-electron chi connectivity index (χ2n) is 6.37. The third-order valence-corrected chi connectivity index (χ3v) is 7.52. The van der Waals surface area contributed by atoms with E-state index in [2.05, 4.69) is 4.72 Å². The van der Waals surface area contributed by atoms with Gasteiger partial charge in [-0.15, -0.1) is 0 Å². The van der Waals surface area contributed by atoms with Crippen LogP contribution in [0.15, 0.2) is 59.6 Å². The number of rotatable bonds is 7. The van der Waals surface area contributed by atoms with Crippen LogP contribution in [0, 0.1) is 6.92 Å². The van der Waals surface area contributed by atoms with E-state index in [9.17, 15) is 16.8 Å². The molecule has 1 heterocycles. The van der Waals surface area contributed by atoms with Crippen LogP contribution in [0.2, 0.25) is 0 Å². The van der Waals surface area contributed by atoms with Gasteiger partial charge in [0, 0.05) is 18.1 Å². The highest BCUT2D eigenvalue weighted by Crippen LogP contribution is 2.23. The first-order chi connectivity index (χ1) is 12.7. The number of hydrogen-bond acceptors (Lipinski definition) is 4. The number of hydrogen-bond donors (Lipinski definition) is 1. The molecule has 0 aliphatic carbocycles. The maximum atomic E-state index is 13.0. The number of aryl methyl sites for hydroxylation is 1. The lowest BCUT2D eigenvalue weighted by molar-refractivity contribution is 0.582. The van der Waals surface area contributed by atoms with E-state index in [0.717, 1.165) is 16.5 Å². The van der Waals surface area contributed by atoms with E-state index in [4.69, 9.17) is 0 Å². The first kappa shape index (κ1) is 19.6. The Morgan fingerprint density at radius 1 is 0.963 bits per heavy atom. The second-order valence-corrected chi connectivity index (χ2v) is 10.3. The van der Waals surface area contributed by atoms with Gasteiger partial charge in [0.25, 0.3) is 10.0 Å². The van der Waals surface area contributed by atoms with Gasteiger partial charge in [-0.2, -0.15) is 0 Å². The minimum absolute atomic E-state index is 0.0314. The molecule has 3 rings (SSSR count). The Bertz CT molecular complexity index is 1160. The van der Waals surface area contributed by atoms with Crippen molar-refractivity contribution in [3.63, 3.8) is 0 Å². The highest BCUT2D eigenvalue weighted by molar-refractivity contribution is 7.90. The molecule has 3 aromatic rings. The van der Waals surface area contributed by atoms with Gasteiger partial charge in [-0.05, 0) is 50.1 Å². The van der Waals surface area contributed by atoms with Crippen LogP contribution in [-0.2, 0) is 26.5 Å². The van der Waals surface area contributed by atoms with Gasteiger partial charge >= 0.3 is 0 Å². The van der Waals surface area contributed by atoms with Gasteiger partial charge in [0.1, 0.15) is 0 Å². The lowest BCUT2D eigenvalue weighted by atomic mass is 10.1. The zero-order valence-corrected chi connectivity index (χ0v) is 16.8. The molecule has 0 aliphatic heterocycles. The van der Waals surface area contributed by atoms with Crippen molar-refractivity contribution in [3.8, 4) is 0 Å². The summed E-state index contributed by atoms with van der Waals surface area (Å²) in [7, 11) is -6.94. The average molecular weight is 407 g/mol. The van der Waals surface area contributed by atoms with Crippen LogP contribution >= 0.6 is 0 Å². The smallest absolute Gasteiger partial charge is 0.241 e. The Labute approximate surface area is 159 Å². The van der Waals surface area contributed by atoms with E-state index < -0.39 is 20.0 Å². The molecule has 0 bridgehead atoms. The first-order valence-corrected chi connectivity index (χ1v) is 11.7. The summed E-state index contributed by atoms with van der Waals surface area (Å²) in [6.45, 7) is 3.75. The minimum Gasteiger partial charge on any atom is -0.241 e. The fraction of sp³-hybridized carbons (Fsp3) is 0.263. The van der Waals surface area contributed by atoms with Crippen LogP contribution in [0.4, 0.5) is 0 Å². The molecule has 6 nitrogen and oxygen atoms in total. The quantitative estimate of drug-likeness (QED) is 0.654. The normalized spacial score (nSPS) is 12.5. The average Bonchev–Trinajstić information content (AvgIpc) is 3.06. The molecule has 0 unspecified atom stereocenters. The molecule has 0 amide bonds. The Kier molecular flexibility index (Phi) is 5.41. The molecule has 0 fully saturated rings. The van der Waals surface area contributed by atoms with E-state index in [-0.39, 0.29) is 17.2 Å². The Morgan fingerprint density at radius 2 is 1.67 bits per heavy atom. The molecule has 0 saturated carbocycles. The molecule has 0 spiro atoms. The van der Waals surface area contributed by atoms with Crippen molar-refractivity contribution >= 4 is 30.9 Å². The summed E-state index contributed by atoms with van der Waals surface area (Å²) in [5.41, 5.74) is 2.43. The Hall–Kier alpha value is -2.16. The van der Waals surface area contributed by atoms with Crippen molar-refractivity contribution in [1.29, 1.82) is 0 Å². The summed E-state index contributed by atoms with van der Waals surface area (Å²) in [4.78, 5) is 0.228. The highest BCUT2D eigenvalue weighted by atomic mass is 32.2. The predicted molar refractivity (Wildman–Crippen MR) is 107 cm³/mol. The molecular weight excluding hydrogens is 384 g/mol. The van der Waals surface area contributed by atoms with Gasteiger partial charge in [0.2, 0.25) is 10.0 Å². The maximum absolute atomic E-state index is 13.0. The zero-order chi connectivity index (χ0) is 19.7. The second kappa shape index (κ2) is 7.46. The topological polar surface area (TPSA) is 85.2 Å². The number of sulfonamides is 1. The number of fused-ring (bicyclic) bond motifs is 1. The highest BCUT2D eigenvalue weighted by Gasteiger charge is 2.19. The fourth-order valence-electron chi connectivity index (χ4n) is 2.79. The maximum Gasteiger partial charge on any atom is 0.268 e. The molecule has 0 aliphatic rings. The molecule has 1 aromatic heterocycles. The van der Waals surface area contributed by atoms with E-state index in [1.54, 1.807) is 49.5 Å². The van der Waals surface area contributed by atoms with Crippen LogP contribution in [-0.4, -0.2) is 33.1 Å². The zero-order valence-electron chi connectivity index (χ0n) is 15.2. The molecular formula is C19H22N2O4S2. The first-order valence-electron chi connectivity index (χ1n) is 8.62. The summed E-state index contributed by atoms with van der Waals surface area (Å²) in [5.74, 6) is 0.0314. The number of nitrogens with zero attached hydrogens (tertiary/aromatic N) is 1. The Balaban J connectivity index is 1.92. The lowest BCUT2D eigenvalue weighted by Crippen LogP contribution is -2.27. The largest absolute Gasteiger partial charge is 0.268 e. The summed E-state index contributed by atoms with van der Waals surface area (Å²) in [5, 5.41) is 0.809. The number of nitrogens with one attached hydrogen (secondary N) is 1. The van der Waals surface area contributed by atoms with E-state index in [1.165, 1.54) is 3.97 Å². The van der Waals surface area contributed by atoms with Crippen LogP contribution < -0.4 is 4.72 Å². The third-order valence-electron chi connectivity index (χ3n) is 4.42. The molecule has 8 heteroatoms. The van der Waals surface area contributed by atoms with Crippen LogP contribution in [0.5, 0.6) is 0 Å². The van der Waals surface area contributed by atoms with Gasteiger partial charge < -0.3 is 0 Å². The third kappa shape index (κ3) is 4.23. The van der Waals surface area contributed by atoms with Gasteiger partial charge in [-0.25, -0.2) is 25.5 Å². The van der Waals surface area contributed by atoms with Crippen molar-refractivity contribution in [3.05, 3.63) is 65.9 Å². The molecule has 0 radical (unpaired) electrons. The van der Waals surface area contributed by atoms with Crippen molar-refractivity contribution in [2.24, 2.45) is 0 Å². The molecule has 2 aromatic carbocycles. The lowest BCUT2D eigenvalue weighted by Gasteiger charge is -2.09. The molecule has 27 heavy (non-hydrogen) atoms. The van der Waals surface area contributed by atoms with Gasteiger partial charge in [0.15, 0.2) is 0 Å². The molecule has 0 atom stereocenters. The summed E-state index contributed by atoms with van der Waals surface area (Å²) in [6.07, 6.45) is 2.02. The summed E-state index contributed by atoms with van der Waals surface area (Å²) in [6, 6.07) is 14.0. The SMILES string of the molecule is CCS(=O)(=O)NCCc1ccc2ccn(S(=O)(=O)c3ccc(C)cc3)c2c1. The predicted octanol–water partition coefficient (Wildman–Crippen LogP) is 2.67. The van der Waals surface area contributed by atoms with Crippen LogP contribution in [0.3, 0.4) is 0 Å². The van der Waals surface area contributed by atoms with Crippen molar-refractivity contribution in [1.82, 2.24) is 8.69 Å².